The Bertz CT molecular complexity index is 545. The minimum absolute atomic E-state index is 0.0226. The summed E-state index contributed by atoms with van der Waals surface area (Å²) in [4.78, 5) is 11.6. The fraction of sp³-hybridized carbons (Fsp3) is 0.300. The average molecular weight is 275 g/mol. The van der Waals surface area contributed by atoms with E-state index in [1.807, 2.05) is 0 Å². The molecule has 0 saturated heterocycles. The van der Waals surface area contributed by atoms with Crippen molar-refractivity contribution in [3.8, 4) is 0 Å². The van der Waals surface area contributed by atoms with Crippen molar-refractivity contribution in [2.45, 2.75) is 0 Å². The quantitative estimate of drug-likeness (QED) is 0.506. The topological polar surface area (TPSA) is 101 Å². The standard InChI is InChI=1S/C10H14FN3O3S/c1-18(16,17)14-6-5-13-10(15)7-3-2-4-8(11)9(7)12/h2-4,14H,5-6,12H2,1H3,(H,13,15). The summed E-state index contributed by atoms with van der Waals surface area (Å²) in [5.74, 6) is -1.22. The molecule has 0 aromatic heterocycles. The number of nitrogen functional groups attached to an aromatic ring is 1. The van der Waals surface area contributed by atoms with Gasteiger partial charge < -0.3 is 11.1 Å². The van der Waals surface area contributed by atoms with E-state index in [9.17, 15) is 17.6 Å². The van der Waals surface area contributed by atoms with Crippen LogP contribution in [0, 0.1) is 5.82 Å². The van der Waals surface area contributed by atoms with Crippen molar-refractivity contribution in [1.82, 2.24) is 10.0 Å². The lowest BCUT2D eigenvalue weighted by Crippen LogP contribution is -2.34. The van der Waals surface area contributed by atoms with E-state index in [1.165, 1.54) is 12.1 Å². The van der Waals surface area contributed by atoms with Crippen molar-refractivity contribution < 1.29 is 17.6 Å². The van der Waals surface area contributed by atoms with Gasteiger partial charge in [-0.05, 0) is 12.1 Å². The van der Waals surface area contributed by atoms with Crippen LogP contribution >= 0.6 is 0 Å². The number of hydrogen-bond acceptors (Lipinski definition) is 4. The summed E-state index contributed by atoms with van der Waals surface area (Å²) in [5, 5.41) is 2.43. The van der Waals surface area contributed by atoms with Gasteiger partial charge in [-0.2, -0.15) is 0 Å². The number of halogens is 1. The molecule has 0 bridgehead atoms. The number of amides is 1. The molecule has 1 aromatic carbocycles. The molecule has 1 aromatic rings. The summed E-state index contributed by atoms with van der Waals surface area (Å²) in [5.41, 5.74) is 5.20. The molecule has 100 valence electrons. The normalized spacial score (nSPS) is 11.2. The molecule has 8 heteroatoms. The second kappa shape index (κ2) is 5.78. The maximum absolute atomic E-state index is 13.1. The van der Waals surface area contributed by atoms with Crippen molar-refractivity contribution in [1.29, 1.82) is 0 Å². The zero-order valence-electron chi connectivity index (χ0n) is 9.73. The van der Waals surface area contributed by atoms with Gasteiger partial charge in [0.1, 0.15) is 5.82 Å². The second-order valence-corrected chi connectivity index (χ2v) is 5.46. The van der Waals surface area contributed by atoms with Crippen LogP contribution in [0.4, 0.5) is 10.1 Å². The Hall–Kier alpha value is -1.67. The number of nitrogens with one attached hydrogen (secondary N) is 2. The van der Waals surface area contributed by atoms with Crippen LogP contribution in [0.3, 0.4) is 0 Å². The highest BCUT2D eigenvalue weighted by Gasteiger charge is 2.11. The number of carbonyl (C=O) groups is 1. The molecule has 0 heterocycles. The molecular weight excluding hydrogens is 261 g/mol. The summed E-state index contributed by atoms with van der Waals surface area (Å²) in [6.07, 6.45) is 1.01. The van der Waals surface area contributed by atoms with Crippen LogP contribution in [0.1, 0.15) is 10.4 Å². The van der Waals surface area contributed by atoms with Crippen LogP contribution in [0.2, 0.25) is 0 Å². The fourth-order valence-electron chi connectivity index (χ4n) is 1.24. The molecule has 0 saturated carbocycles. The molecule has 18 heavy (non-hydrogen) atoms. The van der Waals surface area contributed by atoms with Gasteiger partial charge in [-0.15, -0.1) is 0 Å². The van der Waals surface area contributed by atoms with E-state index in [4.69, 9.17) is 5.73 Å². The summed E-state index contributed by atoms with van der Waals surface area (Å²) >= 11 is 0. The molecule has 0 fully saturated rings. The Balaban J connectivity index is 2.54. The highest BCUT2D eigenvalue weighted by molar-refractivity contribution is 7.88. The number of sulfonamides is 1. The van der Waals surface area contributed by atoms with Gasteiger partial charge in [-0.3, -0.25) is 4.79 Å². The molecule has 0 unspecified atom stereocenters. The van der Waals surface area contributed by atoms with Gasteiger partial charge in [0.2, 0.25) is 10.0 Å². The van der Waals surface area contributed by atoms with Crippen molar-refractivity contribution >= 4 is 21.6 Å². The maximum atomic E-state index is 13.1. The molecule has 0 aliphatic carbocycles. The third kappa shape index (κ3) is 4.30. The highest BCUT2D eigenvalue weighted by Crippen LogP contribution is 2.15. The SMILES string of the molecule is CS(=O)(=O)NCCNC(=O)c1cccc(F)c1N. The number of benzene rings is 1. The number of nitrogens with two attached hydrogens (primary N) is 1. The molecule has 0 aliphatic heterocycles. The van der Waals surface area contributed by atoms with E-state index in [2.05, 4.69) is 10.0 Å². The fourth-order valence-corrected chi connectivity index (χ4v) is 1.72. The van der Waals surface area contributed by atoms with Crippen LogP contribution in [-0.4, -0.2) is 33.7 Å². The molecule has 1 amide bonds. The van der Waals surface area contributed by atoms with Crippen LogP contribution in [0.5, 0.6) is 0 Å². The molecule has 6 nitrogen and oxygen atoms in total. The second-order valence-electron chi connectivity index (χ2n) is 3.62. The predicted octanol–water partition coefficient (Wildman–Crippen LogP) is -0.313. The zero-order valence-corrected chi connectivity index (χ0v) is 10.6. The van der Waals surface area contributed by atoms with Gasteiger partial charge >= 0.3 is 0 Å². The van der Waals surface area contributed by atoms with E-state index >= 15 is 0 Å². The van der Waals surface area contributed by atoms with Crippen LogP contribution in [0.25, 0.3) is 0 Å². The minimum atomic E-state index is -3.29. The monoisotopic (exact) mass is 275 g/mol. The lowest BCUT2D eigenvalue weighted by atomic mass is 10.1. The van der Waals surface area contributed by atoms with Crippen molar-refractivity contribution in [3.63, 3.8) is 0 Å². The predicted molar refractivity (Wildman–Crippen MR) is 66.0 cm³/mol. The summed E-state index contributed by atoms with van der Waals surface area (Å²) < 4.78 is 36.8. The third-order valence-electron chi connectivity index (χ3n) is 2.07. The smallest absolute Gasteiger partial charge is 0.253 e. The Morgan fingerprint density at radius 3 is 2.67 bits per heavy atom. The number of rotatable bonds is 5. The average Bonchev–Trinajstić information content (AvgIpc) is 2.26. The van der Waals surface area contributed by atoms with Gasteiger partial charge in [0.15, 0.2) is 0 Å². The Kier molecular flexibility index (Phi) is 4.62. The van der Waals surface area contributed by atoms with Gasteiger partial charge in [0, 0.05) is 13.1 Å². The first-order valence-corrected chi connectivity index (χ1v) is 6.97. The van der Waals surface area contributed by atoms with Crippen LogP contribution in [0.15, 0.2) is 18.2 Å². The van der Waals surface area contributed by atoms with Crippen LogP contribution < -0.4 is 15.8 Å². The van der Waals surface area contributed by atoms with Gasteiger partial charge in [0.25, 0.3) is 5.91 Å². The summed E-state index contributed by atoms with van der Waals surface area (Å²) in [6.45, 7) is 0.141. The van der Waals surface area contributed by atoms with Crippen molar-refractivity contribution in [2.24, 2.45) is 0 Å². The van der Waals surface area contributed by atoms with Gasteiger partial charge in [-0.25, -0.2) is 17.5 Å². The number of para-hydroxylation sites is 1. The molecule has 1 rings (SSSR count). The van der Waals surface area contributed by atoms with Gasteiger partial charge in [0.05, 0.1) is 17.5 Å². The maximum Gasteiger partial charge on any atom is 0.253 e. The van der Waals surface area contributed by atoms with Crippen LogP contribution in [-0.2, 0) is 10.0 Å². The Morgan fingerprint density at radius 2 is 2.06 bits per heavy atom. The zero-order chi connectivity index (χ0) is 13.8. The van der Waals surface area contributed by atoms with Crippen molar-refractivity contribution in [3.05, 3.63) is 29.6 Å². The van der Waals surface area contributed by atoms with Gasteiger partial charge in [-0.1, -0.05) is 6.07 Å². The lowest BCUT2D eigenvalue weighted by Gasteiger charge is -2.08. The molecule has 0 aliphatic rings. The Labute approximate surface area is 104 Å². The first-order valence-electron chi connectivity index (χ1n) is 5.08. The highest BCUT2D eigenvalue weighted by atomic mass is 32.2. The summed E-state index contributed by atoms with van der Waals surface area (Å²) in [7, 11) is -3.29. The van der Waals surface area contributed by atoms with E-state index < -0.39 is 21.7 Å². The summed E-state index contributed by atoms with van der Waals surface area (Å²) in [6, 6.07) is 3.91. The molecule has 0 radical (unpaired) electrons. The molecule has 0 atom stereocenters. The molecular formula is C10H14FN3O3S. The molecule has 0 spiro atoms. The van der Waals surface area contributed by atoms with E-state index in [-0.39, 0.29) is 24.3 Å². The van der Waals surface area contributed by atoms with E-state index in [0.29, 0.717) is 0 Å². The van der Waals surface area contributed by atoms with E-state index in [0.717, 1.165) is 12.3 Å². The molecule has 4 N–H and O–H groups in total. The Morgan fingerprint density at radius 1 is 1.39 bits per heavy atom. The number of hydrogen-bond donors (Lipinski definition) is 3. The number of carbonyl (C=O) groups excluding carboxylic acids is 1. The number of anilines is 1. The lowest BCUT2D eigenvalue weighted by molar-refractivity contribution is 0.0955. The largest absolute Gasteiger partial charge is 0.396 e. The van der Waals surface area contributed by atoms with E-state index in [1.54, 1.807) is 0 Å². The first kappa shape index (κ1) is 14.4. The first-order chi connectivity index (χ1) is 8.31. The minimum Gasteiger partial charge on any atom is -0.396 e. The van der Waals surface area contributed by atoms with Crippen molar-refractivity contribution in [2.75, 3.05) is 25.1 Å². The third-order valence-corrected chi connectivity index (χ3v) is 2.80.